The first kappa shape index (κ1) is 20.9. The second kappa shape index (κ2) is 8.70. The van der Waals surface area contributed by atoms with Gasteiger partial charge in [0.2, 0.25) is 27.6 Å². The van der Waals surface area contributed by atoms with Crippen molar-refractivity contribution < 1.29 is 22.1 Å². The predicted octanol–water partition coefficient (Wildman–Crippen LogP) is 2.80. The minimum atomic E-state index is -3.92. The van der Waals surface area contributed by atoms with Gasteiger partial charge in [-0.05, 0) is 30.0 Å². The Hall–Kier alpha value is -2.79. The van der Waals surface area contributed by atoms with Gasteiger partial charge in [0.15, 0.2) is 0 Å². The third kappa shape index (κ3) is 4.80. The smallest absolute Gasteiger partial charge is 0.246 e. The zero-order valence-electron chi connectivity index (χ0n) is 15.7. The molecule has 0 radical (unpaired) electrons. The Morgan fingerprint density at radius 3 is 2.69 bits per heavy atom. The highest BCUT2D eigenvalue weighted by molar-refractivity contribution is 7.92. The SMILES string of the molecule is CC[C@H](C(=O)NCc1nc(-c2cccs2)no1)N(c1ccccc1F)S(C)(=O)=O. The van der Waals surface area contributed by atoms with Gasteiger partial charge in [-0.3, -0.25) is 9.10 Å². The van der Waals surface area contributed by atoms with Crippen molar-refractivity contribution in [2.45, 2.75) is 25.9 Å². The highest BCUT2D eigenvalue weighted by atomic mass is 32.2. The Morgan fingerprint density at radius 2 is 2.07 bits per heavy atom. The molecule has 1 N–H and O–H groups in total. The van der Waals surface area contributed by atoms with Crippen LogP contribution in [0.3, 0.4) is 0 Å². The van der Waals surface area contributed by atoms with E-state index in [1.807, 2.05) is 17.5 Å². The van der Waals surface area contributed by atoms with Gasteiger partial charge in [-0.2, -0.15) is 4.98 Å². The number of aromatic nitrogens is 2. The van der Waals surface area contributed by atoms with Crippen molar-refractivity contribution in [2.24, 2.45) is 0 Å². The summed E-state index contributed by atoms with van der Waals surface area (Å²) in [6, 6.07) is 7.96. The van der Waals surface area contributed by atoms with Crippen LogP contribution in [-0.2, 0) is 21.4 Å². The molecule has 0 unspecified atom stereocenters. The van der Waals surface area contributed by atoms with Crippen molar-refractivity contribution in [3.05, 3.63) is 53.5 Å². The normalized spacial score (nSPS) is 12.5. The Labute approximate surface area is 171 Å². The summed E-state index contributed by atoms with van der Waals surface area (Å²) in [6.45, 7) is 1.56. The highest BCUT2D eigenvalue weighted by Gasteiger charge is 2.33. The van der Waals surface area contributed by atoms with Crippen molar-refractivity contribution >= 4 is 33.0 Å². The molecule has 0 bridgehead atoms. The van der Waals surface area contributed by atoms with Crippen LogP contribution in [0.15, 0.2) is 46.3 Å². The maximum absolute atomic E-state index is 14.2. The number of nitrogens with one attached hydrogen (secondary N) is 1. The van der Waals surface area contributed by atoms with Gasteiger partial charge in [-0.25, -0.2) is 12.8 Å². The summed E-state index contributed by atoms with van der Waals surface area (Å²) in [5.41, 5.74) is -0.185. The number of benzene rings is 1. The van der Waals surface area contributed by atoms with Crippen LogP contribution >= 0.6 is 11.3 Å². The first-order valence-electron chi connectivity index (χ1n) is 8.69. The van der Waals surface area contributed by atoms with Gasteiger partial charge >= 0.3 is 0 Å². The van der Waals surface area contributed by atoms with Crippen LogP contribution in [0.5, 0.6) is 0 Å². The minimum absolute atomic E-state index is 0.0808. The summed E-state index contributed by atoms with van der Waals surface area (Å²) in [7, 11) is -3.92. The number of carbonyl (C=O) groups excluding carboxylic acids is 1. The number of carbonyl (C=O) groups is 1. The second-order valence-electron chi connectivity index (χ2n) is 6.14. The quantitative estimate of drug-likeness (QED) is 0.580. The van der Waals surface area contributed by atoms with Crippen LogP contribution in [0, 0.1) is 5.82 Å². The molecule has 2 aromatic heterocycles. The number of halogens is 1. The third-order valence-corrected chi connectivity index (χ3v) is 6.07. The molecule has 1 atom stereocenters. The topological polar surface area (TPSA) is 105 Å². The lowest BCUT2D eigenvalue weighted by molar-refractivity contribution is -0.122. The van der Waals surface area contributed by atoms with Crippen LogP contribution < -0.4 is 9.62 Å². The summed E-state index contributed by atoms with van der Waals surface area (Å²) in [6.07, 6.45) is 1.07. The van der Waals surface area contributed by atoms with Gasteiger partial charge in [0.1, 0.15) is 11.9 Å². The molecular formula is C18H19FN4O4S2. The monoisotopic (exact) mass is 438 g/mol. The number of hydrogen-bond donors (Lipinski definition) is 1. The zero-order chi connectivity index (χ0) is 21.0. The van der Waals surface area contributed by atoms with Crippen molar-refractivity contribution in [2.75, 3.05) is 10.6 Å². The molecule has 2 heterocycles. The second-order valence-corrected chi connectivity index (χ2v) is 8.95. The fourth-order valence-corrected chi connectivity index (χ4v) is 4.64. The van der Waals surface area contributed by atoms with Crippen molar-refractivity contribution in [3.63, 3.8) is 0 Å². The van der Waals surface area contributed by atoms with Crippen LogP contribution in [0.25, 0.3) is 10.7 Å². The van der Waals surface area contributed by atoms with E-state index in [-0.39, 0.29) is 24.5 Å². The van der Waals surface area contributed by atoms with Crippen molar-refractivity contribution in [1.29, 1.82) is 0 Å². The summed E-state index contributed by atoms with van der Waals surface area (Å²) in [5.74, 6) is -0.757. The number of sulfonamides is 1. The van der Waals surface area contributed by atoms with Crippen LogP contribution in [0.4, 0.5) is 10.1 Å². The maximum atomic E-state index is 14.2. The number of para-hydroxylation sites is 1. The van der Waals surface area contributed by atoms with E-state index in [4.69, 9.17) is 4.52 Å². The van der Waals surface area contributed by atoms with Gasteiger partial charge in [-0.15, -0.1) is 11.3 Å². The van der Waals surface area contributed by atoms with E-state index in [0.29, 0.717) is 5.82 Å². The van der Waals surface area contributed by atoms with E-state index in [9.17, 15) is 17.6 Å². The Kier molecular flexibility index (Phi) is 6.28. The molecule has 1 aromatic carbocycles. The molecule has 3 rings (SSSR count). The number of rotatable bonds is 8. The zero-order valence-corrected chi connectivity index (χ0v) is 17.3. The lowest BCUT2D eigenvalue weighted by atomic mass is 10.2. The Bertz CT molecular complexity index is 1080. The van der Waals surface area contributed by atoms with E-state index in [2.05, 4.69) is 15.5 Å². The summed E-state index contributed by atoms with van der Waals surface area (Å²) < 4.78 is 44.8. The first-order valence-corrected chi connectivity index (χ1v) is 11.4. The number of amides is 1. The Morgan fingerprint density at radius 1 is 1.31 bits per heavy atom. The average molecular weight is 439 g/mol. The Balaban J connectivity index is 1.77. The van der Waals surface area contributed by atoms with Crippen molar-refractivity contribution in [3.8, 4) is 10.7 Å². The van der Waals surface area contributed by atoms with Gasteiger partial charge in [-0.1, -0.05) is 30.3 Å². The molecule has 0 aliphatic carbocycles. The molecule has 154 valence electrons. The lowest BCUT2D eigenvalue weighted by Crippen LogP contribution is -2.49. The lowest BCUT2D eigenvalue weighted by Gasteiger charge is -2.30. The van der Waals surface area contributed by atoms with Gasteiger partial charge in [0.25, 0.3) is 0 Å². The predicted molar refractivity (Wildman–Crippen MR) is 107 cm³/mol. The molecule has 0 saturated carbocycles. The molecule has 11 heteroatoms. The third-order valence-electron chi connectivity index (χ3n) is 4.04. The van der Waals surface area contributed by atoms with Gasteiger partial charge < -0.3 is 9.84 Å². The number of anilines is 1. The van der Waals surface area contributed by atoms with E-state index in [0.717, 1.165) is 21.5 Å². The molecule has 3 aromatic rings. The molecule has 1 amide bonds. The van der Waals surface area contributed by atoms with Crippen molar-refractivity contribution in [1.82, 2.24) is 15.5 Å². The standard InChI is InChI=1S/C18H19FN4O4S2/c1-3-13(23(29(2,25)26)14-8-5-4-7-12(14)19)18(24)20-11-16-21-17(22-27-16)15-9-6-10-28-15/h4-10,13H,3,11H2,1-2H3,(H,20,24)/t13-/m1/s1. The fourth-order valence-electron chi connectivity index (χ4n) is 2.78. The highest BCUT2D eigenvalue weighted by Crippen LogP contribution is 2.25. The molecule has 0 aliphatic heterocycles. The molecule has 29 heavy (non-hydrogen) atoms. The van der Waals surface area contributed by atoms with Gasteiger partial charge in [0.05, 0.1) is 23.4 Å². The van der Waals surface area contributed by atoms with E-state index in [1.165, 1.54) is 29.5 Å². The van der Waals surface area contributed by atoms with Gasteiger partial charge in [0, 0.05) is 0 Å². The number of nitrogens with zero attached hydrogens (tertiary/aromatic N) is 3. The van der Waals surface area contributed by atoms with Crippen LogP contribution in [0.1, 0.15) is 19.2 Å². The summed E-state index contributed by atoms with van der Waals surface area (Å²) >= 11 is 1.45. The van der Waals surface area contributed by atoms with E-state index < -0.39 is 27.8 Å². The molecule has 0 fully saturated rings. The number of hydrogen-bond acceptors (Lipinski definition) is 7. The molecule has 8 nitrogen and oxygen atoms in total. The first-order chi connectivity index (χ1) is 13.8. The maximum Gasteiger partial charge on any atom is 0.246 e. The minimum Gasteiger partial charge on any atom is -0.345 e. The molecule has 0 aliphatic rings. The van der Waals surface area contributed by atoms with Crippen LogP contribution in [0.2, 0.25) is 0 Å². The fraction of sp³-hybridized carbons (Fsp3) is 0.278. The van der Waals surface area contributed by atoms with Crippen LogP contribution in [-0.4, -0.2) is 36.8 Å². The molecule has 0 saturated heterocycles. The van der Waals surface area contributed by atoms with E-state index in [1.54, 1.807) is 6.92 Å². The number of thiophene rings is 1. The summed E-state index contributed by atoms with van der Waals surface area (Å²) in [5, 5.41) is 8.32. The molecule has 0 spiro atoms. The van der Waals surface area contributed by atoms with E-state index >= 15 is 0 Å². The molecular weight excluding hydrogens is 419 g/mol. The summed E-state index contributed by atoms with van der Waals surface area (Å²) in [4.78, 5) is 17.8. The average Bonchev–Trinajstić information content (AvgIpc) is 3.35. The largest absolute Gasteiger partial charge is 0.345 e.